The Kier molecular flexibility index (Phi) is 3.65. The predicted octanol–water partition coefficient (Wildman–Crippen LogP) is 2.16. The van der Waals surface area contributed by atoms with E-state index in [4.69, 9.17) is 4.74 Å². The van der Waals surface area contributed by atoms with Crippen LogP contribution in [0.4, 0.5) is 0 Å². The number of aromatic nitrogens is 2. The average molecular weight is 368 g/mol. The second-order valence-electron chi connectivity index (χ2n) is 4.50. The largest absolute Gasteiger partial charge is 0.371 e. The van der Waals surface area contributed by atoms with Gasteiger partial charge in [-0.3, -0.25) is 4.79 Å². The van der Waals surface area contributed by atoms with Crippen molar-refractivity contribution in [1.29, 1.82) is 0 Å². The molecule has 1 aliphatic rings. The third kappa shape index (κ3) is 2.71. The first-order valence-electron chi connectivity index (χ1n) is 6.16. The zero-order valence-corrected chi connectivity index (χ0v) is 12.4. The molecule has 0 saturated carbocycles. The van der Waals surface area contributed by atoms with Crippen molar-refractivity contribution in [3.63, 3.8) is 0 Å². The van der Waals surface area contributed by atoms with E-state index >= 15 is 0 Å². The van der Waals surface area contributed by atoms with E-state index in [2.05, 4.69) is 39.8 Å². The van der Waals surface area contributed by atoms with Crippen LogP contribution in [-0.2, 0) is 17.7 Å². The summed E-state index contributed by atoms with van der Waals surface area (Å²) in [5, 5.41) is 4.16. The second kappa shape index (κ2) is 5.42. The van der Waals surface area contributed by atoms with Gasteiger partial charge in [0.2, 0.25) is 0 Å². The zero-order chi connectivity index (χ0) is 13.2. The van der Waals surface area contributed by atoms with E-state index in [9.17, 15) is 4.79 Å². The molecule has 1 atom stereocenters. The standard InChI is InChI=1S/C14H13IN2O2/c15-11-7-14(18)17(16-8-11)9-13-12-4-2-1-3-10(12)5-6-19-13/h1-4,7-8,13H,5-6,9H2. The quantitative estimate of drug-likeness (QED) is 0.764. The van der Waals surface area contributed by atoms with E-state index in [1.54, 1.807) is 12.3 Å². The van der Waals surface area contributed by atoms with Crippen LogP contribution in [0.1, 0.15) is 17.2 Å². The van der Waals surface area contributed by atoms with Crippen molar-refractivity contribution < 1.29 is 4.74 Å². The van der Waals surface area contributed by atoms with Gasteiger partial charge in [0.25, 0.3) is 5.56 Å². The van der Waals surface area contributed by atoms with Gasteiger partial charge in [-0.2, -0.15) is 5.10 Å². The molecule has 1 unspecified atom stereocenters. The van der Waals surface area contributed by atoms with E-state index in [1.807, 2.05) is 12.1 Å². The number of hydrogen-bond acceptors (Lipinski definition) is 3. The number of hydrogen-bond donors (Lipinski definition) is 0. The van der Waals surface area contributed by atoms with Gasteiger partial charge in [0, 0.05) is 9.64 Å². The van der Waals surface area contributed by atoms with Gasteiger partial charge in [0.05, 0.1) is 19.3 Å². The Morgan fingerprint density at radius 1 is 1.42 bits per heavy atom. The van der Waals surface area contributed by atoms with Gasteiger partial charge >= 0.3 is 0 Å². The molecule has 19 heavy (non-hydrogen) atoms. The minimum Gasteiger partial charge on any atom is -0.371 e. The fraction of sp³-hybridized carbons (Fsp3) is 0.286. The lowest BCUT2D eigenvalue weighted by molar-refractivity contribution is 0.0273. The molecule has 2 aromatic rings. The van der Waals surface area contributed by atoms with Crippen LogP contribution in [0.15, 0.2) is 41.3 Å². The van der Waals surface area contributed by atoms with E-state index in [1.165, 1.54) is 15.8 Å². The number of fused-ring (bicyclic) bond motifs is 1. The monoisotopic (exact) mass is 368 g/mol. The molecule has 0 aliphatic carbocycles. The van der Waals surface area contributed by atoms with Crippen LogP contribution in [0.3, 0.4) is 0 Å². The Morgan fingerprint density at radius 3 is 3.11 bits per heavy atom. The third-order valence-corrected chi connectivity index (χ3v) is 3.86. The molecule has 1 aromatic heterocycles. The Morgan fingerprint density at radius 2 is 2.26 bits per heavy atom. The molecule has 98 valence electrons. The summed E-state index contributed by atoms with van der Waals surface area (Å²) in [5.74, 6) is 0. The van der Waals surface area contributed by atoms with E-state index in [0.29, 0.717) is 13.2 Å². The van der Waals surface area contributed by atoms with Crippen molar-refractivity contribution in [2.45, 2.75) is 19.1 Å². The maximum Gasteiger partial charge on any atom is 0.267 e. The molecule has 0 fully saturated rings. The highest BCUT2D eigenvalue weighted by Gasteiger charge is 2.21. The van der Waals surface area contributed by atoms with Crippen LogP contribution < -0.4 is 5.56 Å². The smallest absolute Gasteiger partial charge is 0.267 e. The first kappa shape index (κ1) is 12.8. The molecule has 0 radical (unpaired) electrons. The highest BCUT2D eigenvalue weighted by atomic mass is 127. The molecule has 2 heterocycles. The van der Waals surface area contributed by atoms with Gasteiger partial charge in [-0.05, 0) is 40.1 Å². The van der Waals surface area contributed by atoms with E-state index in [-0.39, 0.29) is 11.7 Å². The summed E-state index contributed by atoms with van der Waals surface area (Å²) >= 11 is 2.09. The molecule has 5 heteroatoms. The zero-order valence-electron chi connectivity index (χ0n) is 10.3. The summed E-state index contributed by atoms with van der Waals surface area (Å²) in [7, 11) is 0. The summed E-state index contributed by atoms with van der Waals surface area (Å²) < 4.78 is 8.11. The number of ether oxygens (including phenoxy) is 1. The summed E-state index contributed by atoms with van der Waals surface area (Å²) in [4.78, 5) is 11.9. The SMILES string of the molecule is O=c1cc(I)cnn1CC1OCCc2ccccc21. The van der Waals surface area contributed by atoms with Crippen molar-refractivity contribution in [2.24, 2.45) is 0 Å². The van der Waals surface area contributed by atoms with Gasteiger partial charge in [-0.1, -0.05) is 24.3 Å². The first-order chi connectivity index (χ1) is 9.24. The molecule has 0 saturated heterocycles. The van der Waals surface area contributed by atoms with Crippen molar-refractivity contribution in [3.05, 3.63) is 61.6 Å². The number of nitrogens with zero attached hydrogens (tertiary/aromatic N) is 2. The molecule has 0 N–H and O–H groups in total. The second-order valence-corrected chi connectivity index (χ2v) is 5.75. The molecule has 4 nitrogen and oxygen atoms in total. The predicted molar refractivity (Wildman–Crippen MR) is 80.1 cm³/mol. The number of benzene rings is 1. The summed E-state index contributed by atoms with van der Waals surface area (Å²) in [6.45, 7) is 1.16. The van der Waals surface area contributed by atoms with E-state index < -0.39 is 0 Å². The van der Waals surface area contributed by atoms with Crippen LogP contribution in [0.25, 0.3) is 0 Å². The Labute approximate surface area is 124 Å². The lowest BCUT2D eigenvalue weighted by Crippen LogP contribution is -2.28. The van der Waals surface area contributed by atoms with Gasteiger partial charge in [-0.15, -0.1) is 0 Å². The molecule has 1 aliphatic heterocycles. The molecule has 3 rings (SSSR count). The maximum absolute atomic E-state index is 11.9. The molecular formula is C14H13IN2O2. The summed E-state index contributed by atoms with van der Waals surface area (Å²) in [5.41, 5.74) is 2.39. The molecule has 0 spiro atoms. The van der Waals surface area contributed by atoms with Crippen LogP contribution in [0.2, 0.25) is 0 Å². The summed E-state index contributed by atoms with van der Waals surface area (Å²) in [6.07, 6.45) is 2.54. The first-order valence-corrected chi connectivity index (χ1v) is 7.24. The Bertz CT molecular complexity index is 654. The van der Waals surface area contributed by atoms with Crippen LogP contribution >= 0.6 is 22.6 Å². The third-order valence-electron chi connectivity index (χ3n) is 3.27. The van der Waals surface area contributed by atoms with Crippen molar-refractivity contribution in [2.75, 3.05) is 6.61 Å². The fourth-order valence-electron chi connectivity index (χ4n) is 2.33. The van der Waals surface area contributed by atoms with Gasteiger partial charge in [0.1, 0.15) is 6.10 Å². The van der Waals surface area contributed by atoms with Crippen LogP contribution in [0.5, 0.6) is 0 Å². The maximum atomic E-state index is 11.9. The Balaban J connectivity index is 1.90. The molecule has 1 aromatic carbocycles. The summed E-state index contributed by atoms with van der Waals surface area (Å²) in [6, 6.07) is 9.81. The topological polar surface area (TPSA) is 44.1 Å². The van der Waals surface area contributed by atoms with Gasteiger partial charge < -0.3 is 4.74 Å². The number of halogens is 1. The fourth-order valence-corrected chi connectivity index (χ4v) is 2.72. The minimum atomic E-state index is -0.0878. The normalized spacial score (nSPS) is 18.1. The lowest BCUT2D eigenvalue weighted by atomic mass is 9.98. The van der Waals surface area contributed by atoms with Gasteiger partial charge in [-0.25, -0.2) is 4.68 Å². The number of rotatable bonds is 2. The lowest BCUT2D eigenvalue weighted by Gasteiger charge is -2.26. The van der Waals surface area contributed by atoms with Gasteiger partial charge in [0.15, 0.2) is 0 Å². The highest BCUT2D eigenvalue weighted by Crippen LogP contribution is 2.27. The molecular weight excluding hydrogens is 355 g/mol. The van der Waals surface area contributed by atoms with Crippen LogP contribution in [0, 0.1) is 3.57 Å². The average Bonchev–Trinajstić information content (AvgIpc) is 2.42. The molecule has 0 amide bonds. The Hall–Kier alpha value is -1.21. The minimum absolute atomic E-state index is 0.0847. The van der Waals surface area contributed by atoms with Crippen molar-refractivity contribution in [3.8, 4) is 0 Å². The van der Waals surface area contributed by atoms with E-state index in [0.717, 1.165) is 9.99 Å². The highest BCUT2D eigenvalue weighted by molar-refractivity contribution is 14.1. The van der Waals surface area contributed by atoms with Crippen molar-refractivity contribution in [1.82, 2.24) is 9.78 Å². The van der Waals surface area contributed by atoms with Crippen molar-refractivity contribution >= 4 is 22.6 Å². The molecule has 0 bridgehead atoms. The van der Waals surface area contributed by atoms with Crippen LogP contribution in [-0.4, -0.2) is 16.4 Å².